The maximum Gasteiger partial charge on any atom is 0.414 e. The lowest BCUT2D eigenvalue weighted by Gasteiger charge is -2.18. The van der Waals surface area contributed by atoms with Crippen molar-refractivity contribution in [1.29, 1.82) is 0 Å². The van der Waals surface area contributed by atoms with Crippen LogP contribution in [0.2, 0.25) is 0 Å². The molecule has 0 rings (SSSR count). The smallest absolute Gasteiger partial charge is 0.414 e. The Labute approximate surface area is 67.1 Å². The van der Waals surface area contributed by atoms with Gasteiger partial charge in [-0.2, -0.15) is 13.2 Å². The quantitative estimate of drug-likeness (QED) is 0.725. The Morgan fingerprint density at radius 3 is 2.08 bits per heavy atom. The molecule has 0 aromatic rings. The van der Waals surface area contributed by atoms with Gasteiger partial charge < -0.3 is 9.84 Å². The molecule has 0 aromatic carbocycles. The highest BCUT2D eigenvalue weighted by Gasteiger charge is 2.38. The predicted octanol–water partition coefficient (Wildman–Crippen LogP) is 1.43. The van der Waals surface area contributed by atoms with Gasteiger partial charge in [-0.15, -0.1) is 0 Å². The van der Waals surface area contributed by atoms with Crippen LogP contribution in [-0.4, -0.2) is 29.5 Å². The lowest BCUT2D eigenvalue weighted by Crippen LogP contribution is -2.34. The number of ether oxygens (including phenoxy) is 1. The van der Waals surface area contributed by atoms with Crippen LogP contribution in [0.3, 0.4) is 0 Å². The fourth-order valence-electron chi connectivity index (χ4n) is 0.442. The van der Waals surface area contributed by atoms with E-state index in [0.29, 0.717) is 0 Å². The van der Waals surface area contributed by atoms with Crippen molar-refractivity contribution in [1.82, 2.24) is 0 Å². The topological polar surface area (TPSA) is 46.5 Å². The monoisotopic (exact) mass is 186 g/mol. The van der Waals surface area contributed by atoms with Gasteiger partial charge in [0, 0.05) is 0 Å². The van der Waals surface area contributed by atoms with Crippen molar-refractivity contribution in [3.05, 3.63) is 0 Å². The summed E-state index contributed by atoms with van der Waals surface area (Å²) in [6.45, 7) is 1.81. The minimum atomic E-state index is -4.51. The predicted molar refractivity (Wildman–Crippen MR) is 33.7 cm³/mol. The van der Waals surface area contributed by atoms with Gasteiger partial charge in [0.2, 0.25) is 0 Å². The van der Waals surface area contributed by atoms with Crippen molar-refractivity contribution < 1.29 is 27.8 Å². The average molecular weight is 186 g/mol. The molecule has 0 aliphatic carbocycles. The summed E-state index contributed by atoms with van der Waals surface area (Å²) in [6, 6.07) is 0. The number of halogens is 3. The molecule has 0 saturated carbocycles. The number of carboxylic acid groups (broad SMARTS) is 1. The fraction of sp³-hybridized carbons (Fsp3) is 0.833. The highest BCUT2D eigenvalue weighted by atomic mass is 19.4. The fourth-order valence-corrected chi connectivity index (χ4v) is 0.442. The summed E-state index contributed by atoms with van der Waals surface area (Å²) in [5, 5.41) is 8.20. The zero-order valence-electron chi connectivity index (χ0n) is 6.55. The summed E-state index contributed by atoms with van der Waals surface area (Å²) in [4.78, 5) is 10.1. The van der Waals surface area contributed by atoms with Crippen molar-refractivity contribution >= 4 is 5.97 Å². The zero-order valence-corrected chi connectivity index (χ0v) is 6.55. The summed E-state index contributed by atoms with van der Waals surface area (Å²) in [7, 11) is 0. The van der Waals surface area contributed by atoms with Crippen LogP contribution < -0.4 is 0 Å². The first-order valence-electron chi connectivity index (χ1n) is 3.20. The van der Waals surface area contributed by atoms with Crippen LogP contribution in [0.25, 0.3) is 0 Å². The summed E-state index contributed by atoms with van der Waals surface area (Å²) < 4.78 is 39.4. The molecule has 0 fully saturated rings. The van der Waals surface area contributed by atoms with E-state index in [-0.39, 0.29) is 0 Å². The molecule has 0 radical (unpaired) electrons. The first-order valence-corrected chi connectivity index (χ1v) is 3.20. The van der Waals surface area contributed by atoms with Gasteiger partial charge in [0.05, 0.1) is 0 Å². The Kier molecular flexibility index (Phi) is 3.51. The first kappa shape index (κ1) is 11.2. The molecule has 3 nitrogen and oxygen atoms in total. The molecule has 0 bridgehead atoms. The molecule has 6 heteroatoms. The Hall–Kier alpha value is -0.780. The van der Waals surface area contributed by atoms with E-state index in [1.165, 1.54) is 0 Å². The van der Waals surface area contributed by atoms with Crippen LogP contribution >= 0.6 is 0 Å². The summed E-state index contributed by atoms with van der Waals surface area (Å²) in [5.74, 6) is -1.41. The molecule has 2 atom stereocenters. The minimum absolute atomic E-state index is 0.763. The maximum atomic E-state index is 11.8. The van der Waals surface area contributed by atoms with Crippen molar-refractivity contribution in [3.63, 3.8) is 0 Å². The second-order valence-electron chi connectivity index (χ2n) is 2.30. The van der Waals surface area contributed by atoms with Gasteiger partial charge >= 0.3 is 12.1 Å². The zero-order chi connectivity index (χ0) is 9.94. The third kappa shape index (κ3) is 3.56. The van der Waals surface area contributed by atoms with Gasteiger partial charge in [0.15, 0.2) is 12.2 Å². The second-order valence-corrected chi connectivity index (χ2v) is 2.30. The van der Waals surface area contributed by atoms with E-state index in [0.717, 1.165) is 13.8 Å². The van der Waals surface area contributed by atoms with Gasteiger partial charge in [0.1, 0.15) is 0 Å². The second kappa shape index (κ2) is 3.75. The van der Waals surface area contributed by atoms with Crippen molar-refractivity contribution in [3.8, 4) is 0 Å². The molecule has 72 valence electrons. The lowest BCUT2D eigenvalue weighted by atomic mass is 10.3. The Morgan fingerprint density at radius 2 is 1.83 bits per heavy atom. The number of carboxylic acids is 1. The molecule has 12 heavy (non-hydrogen) atoms. The molecule has 0 unspecified atom stereocenters. The number of hydrogen-bond donors (Lipinski definition) is 1. The highest BCUT2D eigenvalue weighted by molar-refractivity contribution is 5.71. The van der Waals surface area contributed by atoms with E-state index in [9.17, 15) is 18.0 Å². The van der Waals surface area contributed by atoms with Crippen LogP contribution in [0.4, 0.5) is 13.2 Å². The molecule has 0 aliphatic heterocycles. The van der Waals surface area contributed by atoms with Crippen molar-refractivity contribution in [2.45, 2.75) is 32.2 Å². The molecule has 0 amide bonds. The molecule has 0 spiro atoms. The van der Waals surface area contributed by atoms with Gasteiger partial charge in [-0.05, 0) is 13.8 Å². The number of carbonyl (C=O) groups is 1. The van der Waals surface area contributed by atoms with E-state index in [1.54, 1.807) is 0 Å². The molecule has 0 heterocycles. The van der Waals surface area contributed by atoms with E-state index in [1.807, 2.05) is 0 Å². The molecule has 1 N–H and O–H groups in total. The van der Waals surface area contributed by atoms with E-state index in [2.05, 4.69) is 4.74 Å². The summed E-state index contributed by atoms with van der Waals surface area (Å²) >= 11 is 0. The third-order valence-electron chi connectivity index (χ3n) is 1.22. The van der Waals surface area contributed by atoms with Crippen LogP contribution in [-0.2, 0) is 9.53 Å². The molecule has 0 saturated heterocycles. The maximum absolute atomic E-state index is 11.8. The Bertz CT molecular complexity index is 166. The third-order valence-corrected chi connectivity index (χ3v) is 1.22. The lowest BCUT2D eigenvalue weighted by molar-refractivity contribution is -0.226. The van der Waals surface area contributed by atoms with E-state index < -0.39 is 24.4 Å². The highest BCUT2D eigenvalue weighted by Crippen LogP contribution is 2.23. The summed E-state index contributed by atoms with van der Waals surface area (Å²) in [6.07, 6.45) is -8.01. The standard InChI is InChI=1S/C6H9F3O3/c1-3(5(10)11)12-4(2)6(7,8)9/h3-4H,1-2H3,(H,10,11)/t3-,4-/m1/s1. The molecule has 0 aromatic heterocycles. The van der Waals surface area contributed by atoms with E-state index in [4.69, 9.17) is 5.11 Å². The summed E-state index contributed by atoms with van der Waals surface area (Å²) in [5.41, 5.74) is 0. The molecular weight excluding hydrogens is 177 g/mol. The molecule has 0 aliphatic rings. The van der Waals surface area contributed by atoms with Crippen molar-refractivity contribution in [2.75, 3.05) is 0 Å². The largest absolute Gasteiger partial charge is 0.479 e. The van der Waals surface area contributed by atoms with Crippen LogP contribution in [0, 0.1) is 0 Å². The first-order chi connectivity index (χ1) is 5.25. The van der Waals surface area contributed by atoms with Gasteiger partial charge in [-0.3, -0.25) is 0 Å². The van der Waals surface area contributed by atoms with Gasteiger partial charge in [-0.1, -0.05) is 0 Å². The minimum Gasteiger partial charge on any atom is -0.479 e. The number of alkyl halides is 3. The van der Waals surface area contributed by atoms with Gasteiger partial charge in [0.25, 0.3) is 0 Å². The van der Waals surface area contributed by atoms with Crippen LogP contribution in [0.5, 0.6) is 0 Å². The average Bonchev–Trinajstić information content (AvgIpc) is 1.85. The van der Waals surface area contributed by atoms with E-state index >= 15 is 0 Å². The number of aliphatic carboxylic acids is 1. The van der Waals surface area contributed by atoms with Gasteiger partial charge in [-0.25, -0.2) is 4.79 Å². The number of hydrogen-bond acceptors (Lipinski definition) is 2. The molecular formula is C6H9F3O3. The normalized spacial score (nSPS) is 17.1. The van der Waals surface area contributed by atoms with Crippen LogP contribution in [0.1, 0.15) is 13.8 Å². The number of rotatable bonds is 3. The SMILES string of the molecule is C[C@@H](O[C@H](C)C(F)(F)F)C(=O)O. The Morgan fingerprint density at radius 1 is 1.42 bits per heavy atom. The Balaban J connectivity index is 4.01. The van der Waals surface area contributed by atoms with Crippen molar-refractivity contribution in [2.24, 2.45) is 0 Å². The van der Waals surface area contributed by atoms with Crippen LogP contribution in [0.15, 0.2) is 0 Å².